The van der Waals surface area contributed by atoms with Gasteiger partial charge in [-0.2, -0.15) is 0 Å². The van der Waals surface area contributed by atoms with Gasteiger partial charge in [-0.25, -0.2) is 4.79 Å². The van der Waals surface area contributed by atoms with Crippen molar-refractivity contribution in [3.05, 3.63) is 71.4 Å². The molecular formula is C20H19N3O3. The van der Waals surface area contributed by atoms with E-state index in [1.807, 2.05) is 54.6 Å². The third-order valence-electron chi connectivity index (χ3n) is 4.88. The fourth-order valence-corrected chi connectivity index (χ4v) is 3.43. The summed E-state index contributed by atoms with van der Waals surface area (Å²) in [5, 5.41) is 2.93. The zero-order valence-corrected chi connectivity index (χ0v) is 14.6. The zero-order chi connectivity index (χ0) is 18.3. The summed E-state index contributed by atoms with van der Waals surface area (Å²) in [7, 11) is 3.29. The third kappa shape index (κ3) is 2.50. The molecule has 0 saturated carbocycles. The highest BCUT2D eigenvalue weighted by atomic mass is 16.5. The number of ether oxygens (including phenoxy) is 1. The summed E-state index contributed by atoms with van der Waals surface area (Å²) < 4.78 is 5.19. The van der Waals surface area contributed by atoms with Crippen LogP contribution in [-0.4, -0.2) is 37.5 Å². The Bertz CT molecular complexity index is 890. The maximum Gasteiger partial charge on any atom is 0.322 e. The van der Waals surface area contributed by atoms with Crippen LogP contribution < -0.4 is 15.0 Å². The van der Waals surface area contributed by atoms with Gasteiger partial charge in [-0.3, -0.25) is 9.69 Å². The summed E-state index contributed by atoms with van der Waals surface area (Å²) in [6.07, 6.45) is 0. The lowest BCUT2D eigenvalue weighted by molar-refractivity contribution is -0.114. The molecule has 0 spiro atoms. The molecule has 0 aromatic heterocycles. The smallest absolute Gasteiger partial charge is 0.322 e. The predicted octanol–water partition coefficient (Wildman–Crippen LogP) is 2.69. The Morgan fingerprint density at radius 1 is 1.04 bits per heavy atom. The van der Waals surface area contributed by atoms with Gasteiger partial charge in [0.05, 0.1) is 31.0 Å². The molecule has 0 aliphatic carbocycles. The van der Waals surface area contributed by atoms with E-state index in [9.17, 15) is 9.59 Å². The van der Waals surface area contributed by atoms with Crippen molar-refractivity contribution < 1.29 is 14.3 Å². The standard InChI is InChI=1S/C20H19N3O3/c1-22-16-12-23(14-6-4-3-5-7-14)19(24)17(16)18(21-20(22)25)13-8-10-15(26-2)11-9-13/h3-11,18H,12H2,1-2H3,(H,21,25)/t18-/m1/s1. The van der Waals surface area contributed by atoms with Crippen LogP contribution in [0.15, 0.2) is 65.9 Å². The van der Waals surface area contributed by atoms with E-state index in [-0.39, 0.29) is 11.9 Å². The average molecular weight is 349 g/mol. The number of hydrogen-bond donors (Lipinski definition) is 1. The van der Waals surface area contributed by atoms with E-state index >= 15 is 0 Å². The summed E-state index contributed by atoms with van der Waals surface area (Å²) in [5.41, 5.74) is 3.02. The number of carbonyl (C=O) groups excluding carboxylic acids is 2. The topological polar surface area (TPSA) is 61.9 Å². The lowest BCUT2D eigenvalue weighted by Gasteiger charge is -2.31. The van der Waals surface area contributed by atoms with E-state index in [0.29, 0.717) is 12.1 Å². The number of anilines is 1. The lowest BCUT2D eigenvalue weighted by atomic mass is 9.95. The number of nitrogens with zero attached hydrogens (tertiary/aromatic N) is 2. The Balaban J connectivity index is 1.74. The van der Waals surface area contributed by atoms with Crippen LogP contribution in [0.4, 0.5) is 10.5 Å². The van der Waals surface area contributed by atoms with E-state index in [2.05, 4.69) is 5.32 Å². The van der Waals surface area contributed by atoms with Gasteiger partial charge in [0.25, 0.3) is 5.91 Å². The third-order valence-corrected chi connectivity index (χ3v) is 4.88. The first kappa shape index (κ1) is 16.2. The van der Waals surface area contributed by atoms with Crippen molar-refractivity contribution >= 4 is 17.6 Å². The SMILES string of the molecule is COc1ccc([C@H]2NC(=O)N(C)C3=C2C(=O)N(c2ccccc2)C3)cc1. The molecule has 0 radical (unpaired) electrons. The van der Waals surface area contributed by atoms with Crippen LogP contribution in [0, 0.1) is 0 Å². The Morgan fingerprint density at radius 3 is 2.38 bits per heavy atom. The highest BCUT2D eigenvalue weighted by Crippen LogP contribution is 2.37. The number of urea groups is 1. The molecule has 0 saturated heterocycles. The van der Waals surface area contributed by atoms with Crippen LogP contribution in [-0.2, 0) is 4.79 Å². The summed E-state index contributed by atoms with van der Waals surface area (Å²) >= 11 is 0. The van der Waals surface area contributed by atoms with Crippen LogP contribution in [0.1, 0.15) is 11.6 Å². The summed E-state index contributed by atoms with van der Waals surface area (Å²) in [4.78, 5) is 28.8. The van der Waals surface area contributed by atoms with E-state index in [0.717, 1.165) is 22.7 Å². The second-order valence-corrected chi connectivity index (χ2v) is 6.30. The van der Waals surface area contributed by atoms with Crippen molar-refractivity contribution in [2.24, 2.45) is 0 Å². The van der Waals surface area contributed by atoms with Crippen LogP contribution in [0.25, 0.3) is 0 Å². The summed E-state index contributed by atoms with van der Waals surface area (Å²) in [5.74, 6) is 0.643. The number of amides is 3. The van der Waals surface area contributed by atoms with Gasteiger partial charge < -0.3 is 15.0 Å². The molecule has 6 nitrogen and oxygen atoms in total. The Labute approximate surface area is 151 Å². The fourth-order valence-electron chi connectivity index (χ4n) is 3.43. The van der Waals surface area contributed by atoms with Crippen LogP contribution in [0.2, 0.25) is 0 Å². The summed E-state index contributed by atoms with van der Waals surface area (Å²) in [6, 6.07) is 16.2. The molecule has 1 N–H and O–H groups in total. The molecule has 6 heteroatoms. The van der Waals surface area contributed by atoms with Gasteiger partial charge in [-0.15, -0.1) is 0 Å². The quantitative estimate of drug-likeness (QED) is 0.927. The number of likely N-dealkylation sites (N-methyl/N-ethyl adjacent to an activating group) is 1. The van der Waals surface area contributed by atoms with Gasteiger partial charge >= 0.3 is 6.03 Å². The van der Waals surface area contributed by atoms with Crippen molar-refractivity contribution in [3.63, 3.8) is 0 Å². The number of hydrogen-bond acceptors (Lipinski definition) is 3. The Kier molecular flexibility index (Phi) is 3.88. The number of methoxy groups -OCH3 is 1. The number of benzene rings is 2. The largest absolute Gasteiger partial charge is 0.497 e. The van der Waals surface area contributed by atoms with Crippen LogP contribution in [0.5, 0.6) is 5.75 Å². The second-order valence-electron chi connectivity index (χ2n) is 6.30. The molecule has 2 aromatic rings. The van der Waals surface area contributed by atoms with Gasteiger partial charge in [0, 0.05) is 12.7 Å². The first-order valence-corrected chi connectivity index (χ1v) is 8.38. The molecule has 0 fully saturated rings. The molecule has 132 valence electrons. The van der Waals surface area contributed by atoms with Gasteiger partial charge in [-0.05, 0) is 29.8 Å². The first-order chi connectivity index (χ1) is 12.6. The van der Waals surface area contributed by atoms with Crippen molar-refractivity contribution in [1.29, 1.82) is 0 Å². The van der Waals surface area contributed by atoms with Gasteiger partial charge in [0.2, 0.25) is 0 Å². The van der Waals surface area contributed by atoms with Crippen molar-refractivity contribution in [3.8, 4) is 5.75 Å². The van der Waals surface area contributed by atoms with E-state index in [1.54, 1.807) is 19.1 Å². The molecule has 1 atom stereocenters. The highest BCUT2D eigenvalue weighted by Gasteiger charge is 2.43. The molecule has 4 rings (SSSR count). The van der Waals surface area contributed by atoms with Gasteiger partial charge in [0.1, 0.15) is 5.75 Å². The number of para-hydroxylation sites is 1. The average Bonchev–Trinajstić information content (AvgIpc) is 3.03. The van der Waals surface area contributed by atoms with Crippen LogP contribution >= 0.6 is 0 Å². The van der Waals surface area contributed by atoms with Gasteiger partial charge in [-0.1, -0.05) is 30.3 Å². The minimum Gasteiger partial charge on any atom is -0.497 e. The van der Waals surface area contributed by atoms with E-state index in [1.165, 1.54) is 4.90 Å². The molecular weight excluding hydrogens is 330 g/mol. The van der Waals surface area contributed by atoms with Gasteiger partial charge in [0.15, 0.2) is 0 Å². The normalized spacial score (nSPS) is 19.5. The number of nitrogens with one attached hydrogen (secondary N) is 1. The molecule has 2 aliphatic rings. The van der Waals surface area contributed by atoms with E-state index < -0.39 is 6.04 Å². The lowest BCUT2D eigenvalue weighted by Crippen LogP contribution is -2.45. The maximum atomic E-state index is 13.2. The van der Waals surface area contributed by atoms with Crippen molar-refractivity contribution in [1.82, 2.24) is 10.2 Å². The minimum atomic E-state index is -0.471. The Morgan fingerprint density at radius 2 is 1.73 bits per heavy atom. The molecule has 3 amide bonds. The Hall–Kier alpha value is -3.28. The maximum absolute atomic E-state index is 13.2. The molecule has 0 bridgehead atoms. The van der Waals surface area contributed by atoms with E-state index in [4.69, 9.17) is 4.74 Å². The molecule has 2 heterocycles. The fraction of sp³-hybridized carbons (Fsp3) is 0.200. The molecule has 2 aromatic carbocycles. The number of rotatable bonds is 3. The highest BCUT2D eigenvalue weighted by molar-refractivity contribution is 6.11. The first-order valence-electron chi connectivity index (χ1n) is 8.38. The molecule has 26 heavy (non-hydrogen) atoms. The monoisotopic (exact) mass is 349 g/mol. The zero-order valence-electron chi connectivity index (χ0n) is 14.6. The predicted molar refractivity (Wildman–Crippen MR) is 97.9 cm³/mol. The van der Waals surface area contributed by atoms with Crippen molar-refractivity contribution in [2.45, 2.75) is 6.04 Å². The molecule has 0 unspecified atom stereocenters. The summed E-state index contributed by atoms with van der Waals surface area (Å²) in [6.45, 7) is 0.384. The van der Waals surface area contributed by atoms with Crippen LogP contribution in [0.3, 0.4) is 0 Å². The molecule has 2 aliphatic heterocycles. The van der Waals surface area contributed by atoms with Crippen molar-refractivity contribution in [2.75, 3.05) is 25.6 Å². The second kappa shape index (κ2) is 6.22. The minimum absolute atomic E-state index is 0.0844. The number of carbonyl (C=O) groups is 2.